The first-order chi connectivity index (χ1) is 23.5. The summed E-state index contributed by atoms with van der Waals surface area (Å²) in [6.07, 6.45) is 2.57. The topological polar surface area (TPSA) is 165 Å². The number of fused-ring (bicyclic) bond motifs is 1. The Labute approximate surface area is 313 Å². The third kappa shape index (κ3) is 13.1. The van der Waals surface area contributed by atoms with Crippen molar-refractivity contribution in [1.29, 1.82) is 0 Å². The van der Waals surface area contributed by atoms with Gasteiger partial charge >= 0.3 is 18.0 Å². The van der Waals surface area contributed by atoms with Crippen LogP contribution in [0.15, 0.2) is 36.4 Å². The summed E-state index contributed by atoms with van der Waals surface area (Å²) < 4.78 is 14.1. The molecule has 1 aromatic carbocycles. The van der Waals surface area contributed by atoms with Gasteiger partial charge in [0, 0.05) is 11.9 Å². The van der Waals surface area contributed by atoms with Gasteiger partial charge in [-0.05, 0) is 85.9 Å². The van der Waals surface area contributed by atoms with Crippen LogP contribution in [-0.4, -0.2) is 80.6 Å². The Morgan fingerprint density at radius 2 is 1.69 bits per heavy atom. The minimum absolute atomic E-state index is 0.289. The quantitative estimate of drug-likeness (QED) is 0.147. The summed E-state index contributed by atoms with van der Waals surface area (Å²) in [5, 5.41) is 7.47. The summed E-state index contributed by atoms with van der Waals surface area (Å²) in [5.74, 6) is -2.52. The number of carbonyl (C=O) groups excluding carboxylic acids is 5. The minimum atomic E-state index is -1.77. The Hall–Kier alpha value is -3.65. The maximum atomic E-state index is 13.1. The van der Waals surface area contributed by atoms with Crippen molar-refractivity contribution in [1.82, 2.24) is 26.1 Å². The zero-order chi connectivity index (χ0) is 38.3. The van der Waals surface area contributed by atoms with Crippen molar-refractivity contribution >= 4 is 81.6 Å². The lowest BCUT2D eigenvalue weighted by molar-refractivity contribution is -0.161. The second-order valence-corrected chi connectivity index (χ2v) is 16.4. The molecule has 0 saturated carbocycles. The molecule has 13 nitrogen and oxygen atoms in total. The van der Waals surface area contributed by atoms with Crippen LogP contribution in [0.25, 0.3) is 17.0 Å². The molecule has 2 heterocycles. The zero-order valence-electron chi connectivity index (χ0n) is 30.0. The summed E-state index contributed by atoms with van der Waals surface area (Å²) >= 11 is 16.9. The second-order valence-electron chi connectivity index (χ2n) is 13.9. The lowest BCUT2D eigenvalue weighted by Gasteiger charge is -2.34. The molecule has 1 fully saturated rings. The Kier molecular flexibility index (Phi) is 14.1. The van der Waals surface area contributed by atoms with Crippen LogP contribution in [0.1, 0.15) is 85.5 Å². The molecule has 0 aliphatic carbocycles. The molecule has 3 N–H and O–H groups in total. The van der Waals surface area contributed by atoms with Crippen molar-refractivity contribution in [3.63, 3.8) is 0 Å². The van der Waals surface area contributed by atoms with Gasteiger partial charge in [0.1, 0.15) is 24.3 Å². The number of hydrazine groups is 1. The van der Waals surface area contributed by atoms with E-state index in [-0.39, 0.29) is 6.54 Å². The average Bonchev–Trinajstić information content (AvgIpc) is 3.04. The normalized spacial score (nSPS) is 17.3. The fourth-order valence-corrected chi connectivity index (χ4v) is 4.95. The van der Waals surface area contributed by atoms with Gasteiger partial charge in [-0.3, -0.25) is 29.2 Å². The molecule has 0 radical (unpaired) electrons. The average molecular weight is 771 g/mol. The highest BCUT2D eigenvalue weighted by atomic mass is 35.6. The van der Waals surface area contributed by atoms with Gasteiger partial charge in [-0.1, -0.05) is 65.2 Å². The predicted molar refractivity (Wildman–Crippen MR) is 195 cm³/mol. The van der Waals surface area contributed by atoms with E-state index >= 15 is 0 Å². The molecule has 1 aromatic heterocycles. The Morgan fingerprint density at radius 3 is 2.33 bits per heavy atom. The molecule has 4 unspecified atom stereocenters. The maximum Gasteiger partial charge on any atom is 0.408 e. The number of carbonyl (C=O) groups is 5. The van der Waals surface area contributed by atoms with Crippen LogP contribution in [-0.2, 0) is 33.4 Å². The minimum Gasteiger partial charge on any atom is -0.460 e. The first-order valence-corrected chi connectivity index (χ1v) is 17.6. The van der Waals surface area contributed by atoms with E-state index in [1.165, 1.54) is 18.9 Å². The number of rotatable bonds is 11. The monoisotopic (exact) mass is 769 g/mol. The number of benzene rings is 1. The van der Waals surface area contributed by atoms with E-state index in [9.17, 15) is 24.0 Å². The predicted octanol–water partition coefficient (Wildman–Crippen LogP) is 5.71. The lowest BCUT2D eigenvalue weighted by Crippen LogP contribution is -2.60. The second kappa shape index (κ2) is 17.2. The molecule has 1 aliphatic heterocycles. The molecule has 280 valence electrons. The van der Waals surface area contributed by atoms with E-state index in [1.54, 1.807) is 46.8 Å². The van der Waals surface area contributed by atoms with Gasteiger partial charge in [0.05, 0.1) is 22.7 Å². The fourth-order valence-electron chi connectivity index (χ4n) is 4.79. The van der Waals surface area contributed by atoms with Crippen LogP contribution in [0.5, 0.6) is 0 Å². The Morgan fingerprint density at radius 1 is 1.02 bits per heavy atom. The fraction of sp³-hybridized carbons (Fsp3) is 0.543. The molecule has 1 saturated heterocycles. The van der Waals surface area contributed by atoms with Crippen molar-refractivity contribution < 1.29 is 38.2 Å². The highest BCUT2D eigenvalue weighted by Gasteiger charge is 2.34. The van der Waals surface area contributed by atoms with Crippen molar-refractivity contribution in [2.24, 2.45) is 5.41 Å². The molecule has 3 rings (SSSR count). The number of aromatic nitrogens is 1. The number of nitrogens with zero attached hydrogens (tertiary/aromatic N) is 2. The molecule has 16 heteroatoms. The Bertz CT molecular complexity index is 1640. The largest absolute Gasteiger partial charge is 0.460 e. The van der Waals surface area contributed by atoms with Crippen molar-refractivity contribution in [2.75, 3.05) is 13.2 Å². The van der Waals surface area contributed by atoms with Crippen molar-refractivity contribution in [2.45, 2.75) is 102 Å². The van der Waals surface area contributed by atoms with E-state index in [1.807, 2.05) is 37.3 Å². The first kappa shape index (κ1) is 41.8. The van der Waals surface area contributed by atoms with Gasteiger partial charge < -0.3 is 24.8 Å². The standard InChI is InChI=1S/C35H46Cl3N5O8/c1-20(40-32(48)51-33(4,5)6)25-14-13-24-12-11-23(18-27(24)41-25)15-16-34(7,8)31(47)50-22(3)28(44)39-21(2)29(45)43-17-9-10-26(42-43)30(46)49-19-35(36,37)38/h11-16,18,20-22,26,42H,9-10,17,19H2,1-8H3,(H,39,44)(H,40,48). The van der Waals surface area contributed by atoms with E-state index in [4.69, 9.17) is 54.0 Å². The third-order valence-electron chi connectivity index (χ3n) is 7.63. The molecule has 3 amide bonds. The Balaban J connectivity index is 1.57. The molecule has 0 bridgehead atoms. The SMILES string of the molecule is CC(NC(=O)C(C)OC(=O)C(C)(C)C=Cc1ccc2ccc(C(C)NC(=O)OC(C)(C)C)nc2c1)C(=O)N1CCCC(C(=O)OCC(Cl)(Cl)Cl)N1. The number of esters is 2. The molecule has 4 atom stereocenters. The number of hydrogen-bond acceptors (Lipinski definition) is 10. The number of nitrogens with one attached hydrogen (secondary N) is 3. The number of ether oxygens (including phenoxy) is 3. The number of hydrogen-bond donors (Lipinski definition) is 3. The van der Waals surface area contributed by atoms with E-state index < -0.39 is 75.5 Å². The van der Waals surface area contributed by atoms with Gasteiger partial charge in [-0.2, -0.15) is 0 Å². The number of pyridine rings is 1. The van der Waals surface area contributed by atoms with Crippen molar-refractivity contribution in [3.05, 3.63) is 47.7 Å². The van der Waals surface area contributed by atoms with E-state index in [0.29, 0.717) is 24.1 Å². The van der Waals surface area contributed by atoms with Gasteiger partial charge in [0.25, 0.3) is 11.8 Å². The van der Waals surface area contributed by atoms with Gasteiger partial charge in [-0.15, -0.1) is 0 Å². The van der Waals surface area contributed by atoms with Crippen LogP contribution in [0.4, 0.5) is 4.79 Å². The summed E-state index contributed by atoms with van der Waals surface area (Å²) in [5.41, 5.74) is 3.16. The van der Waals surface area contributed by atoms with Crippen LogP contribution < -0.4 is 16.1 Å². The summed E-state index contributed by atoms with van der Waals surface area (Å²) in [6, 6.07) is 7.14. The zero-order valence-corrected chi connectivity index (χ0v) is 32.2. The van der Waals surface area contributed by atoms with Crippen LogP contribution >= 0.6 is 34.8 Å². The number of alkyl carbamates (subject to hydrolysis) is 1. The van der Waals surface area contributed by atoms with Crippen LogP contribution in [0, 0.1) is 5.41 Å². The first-order valence-electron chi connectivity index (χ1n) is 16.5. The third-order valence-corrected chi connectivity index (χ3v) is 7.96. The van der Waals surface area contributed by atoms with Gasteiger partial charge in [-0.25, -0.2) is 10.2 Å². The molecule has 2 aromatic rings. The number of alkyl halides is 3. The number of halogens is 3. The van der Waals surface area contributed by atoms with Crippen LogP contribution in [0.3, 0.4) is 0 Å². The van der Waals surface area contributed by atoms with Gasteiger partial charge in [0.2, 0.25) is 3.79 Å². The molecule has 51 heavy (non-hydrogen) atoms. The smallest absolute Gasteiger partial charge is 0.408 e. The van der Waals surface area contributed by atoms with E-state index in [0.717, 1.165) is 10.9 Å². The summed E-state index contributed by atoms with van der Waals surface area (Å²) in [4.78, 5) is 68.4. The van der Waals surface area contributed by atoms with Gasteiger partial charge in [0.15, 0.2) is 6.10 Å². The highest BCUT2D eigenvalue weighted by molar-refractivity contribution is 6.67. The number of amides is 3. The molecule has 0 spiro atoms. The maximum absolute atomic E-state index is 13.1. The van der Waals surface area contributed by atoms with Crippen LogP contribution in [0.2, 0.25) is 0 Å². The lowest BCUT2D eigenvalue weighted by atomic mass is 9.92. The van der Waals surface area contributed by atoms with Crippen molar-refractivity contribution in [3.8, 4) is 0 Å². The van der Waals surface area contributed by atoms with E-state index in [2.05, 4.69) is 16.1 Å². The summed E-state index contributed by atoms with van der Waals surface area (Å²) in [7, 11) is 0. The highest BCUT2D eigenvalue weighted by Crippen LogP contribution is 2.27. The molecule has 1 aliphatic rings. The summed E-state index contributed by atoms with van der Waals surface area (Å²) in [6.45, 7) is 13.2. The molecular formula is C35H46Cl3N5O8. The molecular weight excluding hydrogens is 725 g/mol.